The number of piperidine rings is 1. The third-order valence-electron chi connectivity index (χ3n) is 5.23. The Labute approximate surface area is 152 Å². The molecule has 26 heavy (non-hydrogen) atoms. The van der Waals surface area contributed by atoms with Crippen LogP contribution in [0.4, 0.5) is 5.69 Å². The summed E-state index contributed by atoms with van der Waals surface area (Å²) in [6, 6.07) is 9.56. The van der Waals surface area contributed by atoms with Crippen molar-refractivity contribution in [1.29, 1.82) is 0 Å². The van der Waals surface area contributed by atoms with Crippen LogP contribution in [0.1, 0.15) is 23.8 Å². The van der Waals surface area contributed by atoms with Crippen LogP contribution in [-0.2, 0) is 16.6 Å². The Morgan fingerprint density at radius 3 is 2.77 bits per heavy atom. The molecule has 2 atom stereocenters. The number of carbonyl (C=O) groups excluding carboxylic acids is 2. The van der Waals surface area contributed by atoms with Crippen molar-refractivity contribution in [3.05, 3.63) is 48.5 Å². The van der Waals surface area contributed by atoms with Gasteiger partial charge in [-0.15, -0.1) is 0 Å². The van der Waals surface area contributed by atoms with Crippen LogP contribution in [0.25, 0.3) is 0 Å². The van der Waals surface area contributed by atoms with E-state index >= 15 is 0 Å². The van der Waals surface area contributed by atoms with Crippen LogP contribution in [0.5, 0.6) is 0 Å². The molecule has 1 aromatic carbocycles. The number of nitrogens with zero attached hydrogens (tertiary/aromatic N) is 4. The zero-order chi connectivity index (χ0) is 18.3. The minimum Gasteiger partial charge on any atom is -0.361 e. The number of aryl methyl sites for hydroxylation is 1. The molecule has 0 saturated carbocycles. The SMILES string of the molecule is Cn1cnc(C(=O)N2CC[C@H]3N(c4ccccc4)C(=O)CO[C@]3(C)C2)c1. The van der Waals surface area contributed by atoms with Gasteiger partial charge in [0.15, 0.2) is 0 Å². The Morgan fingerprint density at radius 1 is 1.31 bits per heavy atom. The summed E-state index contributed by atoms with van der Waals surface area (Å²) in [6.45, 7) is 3.00. The Bertz CT molecular complexity index is 834. The molecule has 3 heterocycles. The van der Waals surface area contributed by atoms with Gasteiger partial charge in [0, 0.05) is 25.5 Å². The molecule has 1 aromatic heterocycles. The monoisotopic (exact) mass is 354 g/mol. The number of para-hydroxylation sites is 1. The average Bonchev–Trinajstić information content (AvgIpc) is 3.08. The number of amides is 2. The molecule has 2 aliphatic heterocycles. The third-order valence-corrected chi connectivity index (χ3v) is 5.23. The fourth-order valence-electron chi connectivity index (χ4n) is 3.93. The predicted molar refractivity (Wildman–Crippen MR) is 95.8 cm³/mol. The summed E-state index contributed by atoms with van der Waals surface area (Å²) in [6.07, 6.45) is 4.00. The lowest BCUT2D eigenvalue weighted by Gasteiger charge is -2.52. The van der Waals surface area contributed by atoms with Crippen LogP contribution < -0.4 is 4.90 Å². The first-order valence-corrected chi connectivity index (χ1v) is 8.76. The van der Waals surface area contributed by atoms with Crippen molar-refractivity contribution in [2.24, 2.45) is 7.05 Å². The molecular weight excluding hydrogens is 332 g/mol. The number of likely N-dealkylation sites (tertiary alicyclic amines) is 1. The Morgan fingerprint density at radius 2 is 2.08 bits per heavy atom. The van der Waals surface area contributed by atoms with E-state index in [1.807, 2.05) is 49.2 Å². The van der Waals surface area contributed by atoms with Crippen LogP contribution in [0.2, 0.25) is 0 Å². The number of carbonyl (C=O) groups is 2. The second kappa shape index (κ2) is 6.25. The van der Waals surface area contributed by atoms with E-state index in [9.17, 15) is 9.59 Å². The second-order valence-corrected chi connectivity index (χ2v) is 7.16. The molecule has 2 amide bonds. The molecule has 4 rings (SSSR count). The van der Waals surface area contributed by atoms with Gasteiger partial charge in [-0.1, -0.05) is 18.2 Å². The summed E-state index contributed by atoms with van der Waals surface area (Å²) >= 11 is 0. The van der Waals surface area contributed by atoms with Gasteiger partial charge in [0.1, 0.15) is 17.9 Å². The fraction of sp³-hybridized carbons (Fsp3) is 0.421. The van der Waals surface area contributed by atoms with Crippen molar-refractivity contribution < 1.29 is 14.3 Å². The summed E-state index contributed by atoms with van der Waals surface area (Å²) < 4.78 is 7.70. The van der Waals surface area contributed by atoms with Crippen LogP contribution in [0.3, 0.4) is 0 Å². The van der Waals surface area contributed by atoms with Gasteiger partial charge in [-0.25, -0.2) is 4.98 Å². The molecule has 2 saturated heterocycles. The molecular formula is C19H22N4O3. The Hall–Kier alpha value is -2.67. The summed E-state index contributed by atoms with van der Waals surface area (Å²) in [4.78, 5) is 33.1. The molecule has 2 aliphatic rings. The van der Waals surface area contributed by atoms with Crippen molar-refractivity contribution in [2.75, 3.05) is 24.6 Å². The third kappa shape index (κ3) is 2.78. The molecule has 0 bridgehead atoms. The van der Waals surface area contributed by atoms with Gasteiger partial charge in [0.25, 0.3) is 11.8 Å². The highest BCUT2D eigenvalue weighted by Crippen LogP contribution is 2.36. The second-order valence-electron chi connectivity index (χ2n) is 7.16. The van der Waals surface area contributed by atoms with E-state index in [0.717, 1.165) is 5.69 Å². The standard InChI is InChI=1S/C19H22N4O3/c1-19-12-22(18(25)15-10-21(2)13-20-15)9-8-16(19)23(17(24)11-26-19)14-6-4-3-5-7-14/h3-7,10,13,16H,8-9,11-12H2,1-2H3/t16-,19-/m1/s1. The molecule has 0 N–H and O–H groups in total. The minimum atomic E-state index is -0.605. The zero-order valence-electron chi connectivity index (χ0n) is 15.0. The van der Waals surface area contributed by atoms with Gasteiger partial charge in [0.05, 0.1) is 18.9 Å². The highest BCUT2D eigenvalue weighted by Gasteiger charge is 2.50. The number of fused-ring (bicyclic) bond motifs is 1. The first-order chi connectivity index (χ1) is 12.5. The maximum atomic E-state index is 12.8. The summed E-state index contributed by atoms with van der Waals surface area (Å²) in [5.74, 6) is -0.139. The van der Waals surface area contributed by atoms with E-state index in [1.165, 1.54) is 0 Å². The number of hydrogen-bond donors (Lipinski definition) is 0. The largest absolute Gasteiger partial charge is 0.361 e. The molecule has 7 nitrogen and oxygen atoms in total. The first kappa shape index (κ1) is 16.8. The first-order valence-electron chi connectivity index (χ1n) is 8.76. The van der Waals surface area contributed by atoms with Crippen molar-refractivity contribution in [3.8, 4) is 0 Å². The Balaban J connectivity index is 1.59. The lowest BCUT2D eigenvalue weighted by Crippen LogP contribution is -2.68. The quantitative estimate of drug-likeness (QED) is 0.819. The van der Waals surface area contributed by atoms with Crippen LogP contribution in [0, 0.1) is 0 Å². The van der Waals surface area contributed by atoms with Crippen molar-refractivity contribution in [2.45, 2.75) is 25.0 Å². The number of rotatable bonds is 2. The molecule has 0 spiro atoms. The van der Waals surface area contributed by atoms with Crippen molar-refractivity contribution in [3.63, 3.8) is 0 Å². The van der Waals surface area contributed by atoms with Crippen LogP contribution >= 0.6 is 0 Å². The van der Waals surface area contributed by atoms with Crippen molar-refractivity contribution in [1.82, 2.24) is 14.5 Å². The summed E-state index contributed by atoms with van der Waals surface area (Å²) in [5.41, 5.74) is 0.704. The van der Waals surface area contributed by atoms with Crippen LogP contribution in [-0.4, -0.2) is 57.6 Å². The van der Waals surface area contributed by atoms with Crippen LogP contribution in [0.15, 0.2) is 42.9 Å². The fourth-order valence-corrected chi connectivity index (χ4v) is 3.93. The number of benzene rings is 1. The maximum Gasteiger partial charge on any atom is 0.274 e. The average molecular weight is 354 g/mol. The molecule has 0 aliphatic carbocycles. The van der Waals surface area contributed by atoms with E-state index in [1.54, 1.807) is 22.0 Å². The molecule has 0 radical (unpaired) electrons. The highest BCUT2D eigenvalue weighted by molar-refractivity contribution is 5.96. The van der Waals surface area contributed by atoms with Crippen molar-refractivity contribution >= 4 is 17.5 Å². The molecule has 2 fully saturated rings. The number of aromatic nitrogens is 2. The minimum absolute atomic E-state index is 0.0213. The predicted octanol–water partition coefficient (Wildman–Crippen LogP) is 1.46. The number of anilines is 1. The van der Waals surface area contributed by atoms with E-state index in [-0.39, 0.29) is 24.5 Å². The molecule has 136 valence electrons. The number of ether oxygens (including phenoxy) is 1. The van der Waals surface area contributed by atoms with Gasteiger partial charge in [-0.3, -0.25) is 9.59 Å². The highest BCUT2D eigenvalue weighted by atomic mass is 16.5. The number of hydrogen-bond acceptors (Lipinski definition) is 4. The van der Waals surface area contributed by atoms with Gasteiger partial charge >= 0.3 is 0 Å². The van der Waals surface area contributed by atoms with Gasteiger partial charge in [-0.2, -0.15) is 0 Å². The van der Waals surface area contributed by atoms with E-state index in [4.69, 9.17) is 4.74 Å². The maximum absolute atomic E-state index is 12.8. The summed E-state index contributed by atoms with van der Waals surface area (Å²) in [5, 5.41) is 0. The Kier molecular flexibility index (Phi) is 4.03. The number of imidazole rings is 1. The van der Waals surface area contributed by atoms with Gasteiger partial charge in [0.2, 0.25) is 0 Å². The lowest BCUT2D eigenvalue weighted by atomic mass is 9.85. The molecule has 7 heteroatoms. The van der Waals surface area contributed by atoms with Gasteiger partial charge in [-0.05, 0) is 25.5 Å². The molecule has 0 unspecified atom stereocenters. The van der Waals surface area contributed by atoms with E-state index in [0.29, 0.717) is 25.2 Å². The normalized spacial score (nSPS) is 25.9. The van der Waals surface area contributed by atoms with Gasteiger partial charge < -0.3 is 19.1 Å². The van der Waals surface area contributed by atoms with E-state index < -0.39 is 5.60 Å². The lowest BCUT2D eigenvalue weighted by molar-refractivity contribution is -0.149. The number of morpholine rings is 1. The topological polar surface area (TPSA) is 67.7 Å². The van der Waals surface area contributed by atoms with E-state index in [2.05, 4.69) is 4.98 Å². The zero-order valence-corrected chi connectivity index (χ0v) is 15.0. The molecule has 2 aromatic rings. The smallest absolute Gasteiger partial charge is 0.274 e. The summed E-state index contributed by atoms with van der Waals surface area (Å²) in [7, 11) is 1.84.